The fourth-order valence-corrected chi connectivity index (χ4v) is 3.37. The van der Waals surface area contributed by atoms with Crippen LogP contribution in [-0.4, -0.2) is 36.4 Å². The first-order valence-electron chi connectivity index (χ1n) is 8.21. The van der Waals surface area contributed by atoms with Crippen LogP contribution in [-0.2, 0) is 0 Å². The lowest BCUT2D eigenvalue weighted by Gasteiger charge is -2.36. The summed E-state index contributed by atoms with van der Waals surface area (Å²) in [6.45, 7) is 9.86. The summed E-state index contributed by atoms with van der Waals surface area (Å²) in [5.41, 5.74) is 2.31. The highest BCUT2D eigenvalue weighted by Gasteiger charge is 2.30. The monoisotopic (exact) mass is 292 g/mol. The average molecular weight is 292 g/mol. The quantitative estimate of drug-likeness (QED) is 0.869. The van der Waals surface area contributed by atoms with Crippen molar-refractivity contribution in [3.63, 3.8) is 0 Å². The first kappa shape index (κ1) is 16.3. The molecule has 1 aromatic rings. The van der Waals surface area contributed by atoms with E-state index in [9.17, 15) is 5.11 Å². The molecular formula is C18H30NO2+. The maximum absolute atomic E-state index is 10.3. The summed E-state index contributed by atoms with van der Waals surface area (Å²) in [5, 5.41) is 10.3. The number of nitrogens with one attached hydrogen (secondary N) is 1. The van der Waals surface area contributed by atoms with Gasteiger partial charge in [-0.05, 0) is 64.2 Å². The van der Waals surface area contributed by atoms with Crippen LogP contribution in [0.2, 0.25) is 0 Å². The van der Waals surface area contributed by atoms with Crippen LogP contribution in [0.5, 0.6) is 5.75 Å². The Balaban J connectivity index is 1.86. The van der Waals surface area contributed by atoms with Crippen LogP contribution < -0.4 is 9.64 Å². The minimum Gasteiger partial charge on any atom is -0.490 e. The molecule has 3 atom stereocenters. The van der Waals surface area contributed by atoms with E-state index in [1.807, 2.05) is 13.0 Å². The fourth-order valence-electron chi connectivity index (χ4n) is 3.37. The molecule has 3 nitrogen and oxygen atoms in total. The molecule has 1 aliphatic rings. The molecule has 118 valence electrons. The summed E-state index contributed by atoms with van der Waals surface area (Å²) in [6, 6.07) is 7.48. The molecule has 1 saturated heterocycles. The molecule has 2 N–H and O–H groups in total. The van der Waals surface area contributed by atoms with Crippen molar-refractivity contribution in [3.05, 3.63) is 29.3 Å². The van der Waals surface area contributed by atoms with Crippen LogP contribution >= 0.6 is 0 Å². The number of aliphatic hydroxyl groups is 1. The number of benzene rings is 1. The van der Waals surface area contributed by atoms with Gasteiger partial charge in [0.15, 0.2) is 0 Å². The Bertz CT molecular complexity index is 451. The second kappa shape index (κ2) is 7.28. The van der Waals surface area contributed by atoms with E-state index in [0.717, 1.165) is 17.9 Å². The molecule has 21 heavy (non-hydrogen) atoms. The maximum atomic E-state index is 10.3. The van der Waals surface area contributed by atoms with Crippen LogP contribution in [0, 0.1) is 13.8 Å². The molecule has 3 heteroatoms. The van der Waals surface area contributed by atoms with Gasteiger partial charge in [0.25, 0.3) is 0 Å². The Morgan fingerprint density at radius 1 is 1.24 bits per heavy atom. The van der Waals surface area contributed by atoms with E-state index in [4.69, 9.17) is 4.74 Å². The van der Waals surface area contributed by atoms with Crippen LogP contribution in [0.1, 0.15) is 44.2 Å². The summed E-state index contributed by atoms with van der Waals surface area (Å²) in [5.74, 6) is 0.892. The molecule has 0 unspecified atom stereocenters. The zero-order valence-electron chi connectivity index (χ0n) is 13.9. The molecule has 0 aliphatic carbocycles. The van der Waals surface area contributed by atoms with Crippen molar-refractivity contribution in [1.82, 2.24) is 0 Å². The number of aliphatic hydroxyl groups excluding tert-OH is 1. The second-order valence-electron chi connectivity index (χ2n) is 6.75. The minimum atomic E-state index is -0.400. The van der Waals surface area contributed by atoms with E-state index in [1.165, 1.54) is 29.7 Å². The number of aryl methyl sites for hydroxylation is 2. The molecule has 1 heterocycles. The molecule has 0 aromatic heterocycles. The van der Waals surface area contributed by atoms with Gasteiger partial charge in [0, 0.05) is 0 Å². The van der Waals surface area contributed by atoms with Gasteiger partial charge >= 0.3 is 0 Å². The Hall–Kier alpha value is -1.06. The van der Waals surface area contributed by atoms with Crippen molar-refractivity contribution in [2.45, 2.75) is 65.1 Å². The van der Waals surface area contributed by atoms with Crippen molar-refractivity contribution in [2.75, 3.05) is 13.2 Å². The van der Waals surface area contributed by atoms with Gasteiger partial charge in [-0.25, -0.2) is 0 Å². The lowest BCUT2D eigenvalue weighted by Crippen LogP contribution is -3.20. The molecule has 1 aliphatic heterocycles. The summed E-state index contributed by atoms with van der Waals surface area (Å²) in [6.07, 6.45) is 3.46. The number of rotatable bonds is 5. The number of ether oxygens (including phenoxy) is 1. The van der Waals surface area contributed by atoms with Crippen molar-refractivity contribution in [3.8, 4) is 5.75 Å². The molecule has 0 amide bonds. The van der Waals surface area contributed by atoms with Gasteiger partial charge in [-0.1, -0.05) is 12.1 Å². The van der Waals surface area contributed by atoms with Crippen molar-refractivity contribution < 1.29 is 14.7 Å². The predicted molar refractivity (Wildman–Crippen MR) is 86.0 cm³/mol. The number of piperidine rings is 1. The molecule has 1 aromatic carbocycles. The Morgan fingerprint density at radius 2 is 1.90 bits per heavy atom. The number of hydrogen-bond donors (Lipinski definition) is 2. The van der Waals surface area contributed by atoms with E-state index in [-0.39, 0.29) is 0 Å². The van der Waals surface area contributed by atoms with Crippen LogP contribution in [0.4, 0.5) is 0 Å². The fraction of sp³-hybridized carbons (Fsp3) is 0.667. The first-order chi connectivity index (χ1) is 9.97. The normalized spacial score (nSPS) is 24.8. The summed E-state index contributed by atoms with van der Waals surface area (Å²) in [4.78, 5) is 1.53. The topological polar surface area (TPSA) is 33.9 Å². The highest BCUT2D eigenvalue weighted by molar-refractivity contribution is 5.35. The molecule has 0 bridgehead atoms. The number of quaternary nitrogens is 1. The van der Waals surface area contributed by atoms with Crippen molar-refractivity contribution in [2.24, 2.45) is 0 Å². The van der Waals surface area contributed by atoms with Crippen molar-refractivity contribution >= 4 is 0 Å². The zero-order valence-corrected chi connectivity index (χ0v) is 13.9. The minimum absolute atomic E-state index is 0.382. The summed E-state index contributed by atoms with van der Waals surface area (Å²) >= 11 is 0. The van der Waals surface area contributed by atoms with Crippen LogP contribution in [0.15, 0.2) is 18.2 Å². The third-order valence-electron chi connectivity index (χ3n) is 4.79. The van der Waals surface area contributed by atoms with Gasteiger partial charge in [-0.2, -0.15) is 0 Å². The van der Waals surface area contributed by atoms with E-state index < -0.39 is 6.10 Å². The Labute approximate surface area is 128 Å². The molecule has 0 spiro atoms. The van der Waals surface area contributed by atoms with Crippen LogP contribution in [0.3, 0.4) is 0 Å². The largest absolute Gasteiger partial charge is 0.490 e. The van der Waals surface area contributed by atoms with Gasteiger partial charge in [-0.15, -0.1) is 0 Å². The van der Waals surface area contributed by atoms with Gasteiger partial charge in [0.1, 0.15) is 25.0 Å². The van der Waals surface area contributed by atoms with Gasteiger partial charge in [-0.3, -0.25) is 0 Å². The highest BCUT2D eigenvalue weighted by atomic mass is 16.5. The molecule has 0 radical (unpaired) electrons. The van der Waals surface area contributed by atoms with Gasteiger partial charge in [0.2, 0.25) is 0 Å². The van der Waals surface area contributed by atoms with Crippen LogP contribution in [0.25, 0.3) is 0 Å². The van der Waals surface area contributed by atoms with E-state index in [1.54, 1.807) is 0 Å². The zero-order chi connectivity index (χ0) is 15.4. The highest BCUT2D eigenvalue weighted by Crippen LogP contribution is 2.19. The van der Waals surface area contributed by atoms with Gasteiger partial charge in [0.05, 0.1) is 12.1 Å². The number of likely N-dealkylation sites (tertiary alicyclic amines) is 1. The Kier molecular flexibility index (Phi) is 5.65. The molecular weight excluding hydrogens is 262 g/mol. The van der Waals surface area contributed by atoms with E-state index in [2.05, 4.69) is 32.9 Å². The van der Waals surface area contributed by atoms with E-state index >= 15 is 0 Å². The van der Waals surface area contributed by atoms with E-state index in [0.29, 0.717) is 18.7 Å². The average Bonchev–Trinajstić information content (AvgIpc) is 2.44. The summed E-state index contributed by atoms with van der Waals surface area (Å²) in [7, 11) is 0. The van der Waals surface area contributed by atoms with Gasteiger partial charge < -0.3 is 14.7 Å². The number of hydrogen-bond acceptors (Lipinski definition) is 2. The molecule has 1 fully saturated rings. The lowest BCUT2D eigenvalue weighted by atomic mass is 9.97. The third kappa shape index (κ3) is 4.45. The third-order valence-corrected chi connectivity index (χ3v) is 4.79. The second-order valence-corrected chi connectivity index (χ2v) is 6.75. The lowest BCUT2D eigenvalue weighted by molar-refractivity contribution is -0.954. The predicted octanol–water partition coefficient (Wildman–Crippen LogP) is 1.89. The Morgan fingerprint density at radius 3 is 2.57 bits per heavy atom. The standard InChI is InChI=1S/C18H29NO2/c1-13-8-9-14(2)18(10-13)21-12-17(20)11-19-15(3)6-5-7-16(19)4/h8-10,15-17,20H,5-7,11-12H2,1-4H3/p+1/t15-,16-,17-/m0/s1. The first-order valence-corrected chi connectivity index (χ1v) is 8.21. The summed E-state index contributed by atoms with van der Waals surface area (Å²) < 4.78 is 5.83. The smallest absolute Gasteiger partial charge is 0.137 e. The molecule has 0 saturated carbocycles. The maximum Gasteiger partial charge on any atom is 0.137 e. The van der Waals surface area contributed by atoms with Crippen molar-refractivity contribution in [1.29, 1.82) is 0 Å². The SMILES string of the molecule is Cc1ccc(C)c(OC[C@@H](O)C[NH+]2[C@@H](C)CCC[C@@H]2C)c1. The molecule has 2 rings (SSSR count).